The van der Waals surface area contributed by atoms with E-state index in [2.05, 4.69) is 4.90 Å². The van der Waals surface area contributed by atoms with Gasteiger partial charge in [-0.15, -0.1) is 0 Å². The second-order valence-electron chi connectivity index (χ2n) is 7.26. The van der Waals surface area contributed by atoms with Crippen molar-refractivity contribution in [2.45, 2.75) is 38.3 Å². The van der Waals surface area contributed by atoms with Crippen LogP contribution in [0.4, 0.5) is 10.2 Å². The van der Waals surface area contributed by atoms with E-state index in [-0.39, 0.29) is 16.5 Å². The molecule has 134 valence electrons. The molecule has 1 aromatic heterocycles. The standard InChI is InChI=1S/C19H18ClFN4O/c20-13-6-12(7-14(21)8-13)19(26)25-9-15-16(10-25)22-17(11-2-3-11)23-18(15)24-4-1-5-24/h6-8,11H,1-5,9-10H2. The number of hydrogen-bond donors (Lipinski definition) is 0. The Labute approximate surface area is 155 Å². The quantitative estimate of drug-likeness (QED) is 0.827. The summed E-state index contributed by atoms with van der Waals surface area (Å²) in [5.74, 6) is 1.62. The zero-order chi connectivity index (χ0) is 17.8. The van der Waals surface area contributed by atoms with Gasteiger partial charge in [-0.2, -0.15) is 0 Å². The average Bonchev–Trinajstić information content (AvgIpc) is 3.30. The average molecular weight is 373 g/mol. The van der Waals surface area contributed by atoms with Crippen LogP contribution < -0.4 is 4.90 Å². The molecule has 5 nitrogen and oxygen atoms in total. The first-order valence-electron chi connectivity index (χ1n) is 8.98. The summed E-state index contributed by atoms with van der Waals surface area (Å²) >= 11 is 5.91. The van der Waals surface area contributed by atoms with Crippen molar-refractivity contribution in [2.75, 3.05) is 18.0 Å². The number of fused-ring (bicyclic) bond motifs is 1. The van der Waals surface area contributed by atoms with Gasteiger partial charge >= 0.3 is 0 Å². The first kappa shape index (κ1) is 16.0. The normalized spacial score (nSPS) is 18.7. The number of aromatic nitrogens is 2. The van der Waals surface area contributed by atoms with Gasteiger partial charge in [0.15, 0.2) is 0 Å². The smallest absolute Gasteiger partial charge is 0.254 e. The molecule has 7 heteroatoms. The van der Waals surface area contributed by atoms with Crippen molar-refractivity contribution in [3.8, 4) is 0 Å². The zero-order valence-corrected chi connectivity index (χ0v) is 15.0. The lowest BCUT2D eigenvalue weighted by molar-refractivity contribution is 0.0750. The van der Waals surface area contributed by atoms with Gasteiger partial charge in [0.2, 0.25) is 0 Å². The molecule has 1 amide bonds. The zero-order valence-electron chi connectivity index (χ0n) is 14.2. The topological polar surface area (TPSA) is 49.3 Å². The predicted molar refractivity (Wildman–Crippen MR) is 95.8 cm³/mol. The molecule has 5 rings (SSSR count). The Bertz CT molecular complexity index is 890. The molecule has 3 heterocycles. The number of hydrogen-bond acceptors (Lipinski definition) is 4. The fourth-order valence-electron chi connectivity index (χ4n) is 3.57. The van der Waals surface area contributed by atoms with Gasteiger partial charge in [-0.1, -0.05) is 11.6 Å². The van der Waals surface area contributed by atoms with E-state index in [1.165, 1.54) is 24.6 Å². The van der Waals surface area contributed by atoms with Gasteiger partial charge in [-0.25, -0.2) is 14.4 Å². The van der Waals surface area contributed by atoms with E-state index >= 15 is 0 Å². The number of carbonyl (C=O) groups excluding carboxylic acids is 1. The minimum Gasteiger partial charge on any atom is -0.356 e. The lowest BCUT2D eigenvalue weighted by Crippen LogP contribution is -2.38. The van der Waals surface area contributed by atoms with E-state index in [1.807, 2.05) is 0 Å². The summed E-state index contributed by atoms with van der Waals surface area (Å²) in [4.78, 5) is 26.4. The molecule has 1 saturated carbocycles. The molecule has 2 aromatic rings. The van der Waals surface area contributed by atoms with Crippen LogP contribution in [0.5, 0.6) is 0 Å². The van der Waals surface area contributed by atoms with Gasteiger partial charge in [0, 0.05) is 35.2 Å². The van der Waals surface area contributed by atoms with E-state index in [1.54, 1.807) is 4.90 Å². The van der Waals surface area contributed by atoms with Crippen LogP contribution in [0, 0.1) is 5.82 Å². The van der Waals surface area contributed by atoms with Gasteiger partial charge in [0.1, 0.15) is 17.5 Å². The van der Waals surface area contributed by atoms with Crippen LogP contribution in [-0.2, 0) is 13.1 Å². The van der Waals surface area contributed by atoms with Crippen molar-refractivity contribution < 1.29 is 9.18 Å². The van der Waals surface area contributed by atoms with E-state index in [9.17, 15) is 9.18 Å². The number of amides is 1. The third-order valence-corrected chi connectivity index (χ3v) is 5.49. The van der Waals surface area contributed by atoms with Crippen molar-refractivity contribution in [3.05, 3.63) is 51.7 Å². The number of halogens is 2. The molecule has 0 bridgehead atoms. The Morgan fingerprint density at radius 2 is 1.96 bits per heavy atom. The Morgan fingerprint density at radius 3 is 2.62 bits per heavy atom. The summed E-state index contributed by atoms with van der Waals surface area (Å²) in [7, 11) is 0. The van der Waals surface area contributed by atoms with Gasteiger partial charge < -0.3 is 9.80 Å². The monoisotopic (exact) mass is 372 g/mol. The minimum atomic E-state index is -0.505. The summed E-state index contributed by atoms with van der Waals surface area (Å²) in [5, 5.41) is 0.224. The maximum absolute atomic E-state index is 13.6. The summed E-state index contributed by atoms with van der Waals surface area (Å²) in [6.07, 6.45) is 3.45. The van der Waals surface area contributed by atoms with Crippen LogP contribution in [0.15, 0.2) is 18.2 Å². The molecule has 1 aromatic carbocycles. The summed E-state index contributed by atoms with van der Waals surface area (Å²) < 4.78 is 13.6. The van der Waals surface area contributed by atoms with Crippen LogP contribution in [-0.4, -0.2) is 33.9 Å². The molecule has 0 spiro atoms. The first-order valence-corrected chi connectivity index (χ1v) is 9.36. The molecule has 0 unspecified atom stereocenters. The Morgan fingerprint density at radius 1 is 1.15 bits per heavy atom. The highest BCUT2D eigenvalue weighted by atomic mass is 35.5. The van der Waals surface area contributed by atoms with Crippen LogP contribution in [0.1, 0.15) is 52.6 Å². The highest BCUT2D eigenvalue weighted by Crippen LogP contribution is 2.41. The first-order chi connectivity index (χ1) is 12.6. The van der Waals surface area contributed by atoms with E-state index in [4.69, 9.17) is 21.6 Å². The number of carbonyl (C=O) groups is 1. The third kappa shape index (κ3) is 2.72. The molecule has 0 radical (unpaired) electrons. The van der Waals surface area contributed by atoms with Crippen molar-refractivity contribution in [3.63, 3.8) is 0 Å². The third-order valence-electron chi connectivity index (χ3n) is 5.27. The molecular weight excluding hydrogens is 355 g/mol. The van der Waals surface area contributed by atoms with E-state index < -0.39 is 5.82 Å². The van der Waals surface area contributed by atoms with Crippen molar-refractivity contribution >= 4 is 23.3 Å². The molecule has 0 atom stereocenters. The maximum Gasteiger partial charge on any atom is 0.254 e. The maximum atomic E-state index is 13.6. The van der Waals surface area contributed by atoms with Crippen molar-refractivity contribution in [2.24, 2.45) is 0 Å². The van der Waals surface area contributed by atoms with Crippen LogP contribution in [0.3, 0.4) is 0 Å². The largest absolute Gasteiger partial charge is 0.356 e. The molecule has 2 fully saturated rings. The number of rotatable bonds is 3. The van der Waals surface area contributed by atoms with Gasteiger partial charge in [0.05, 0.1) is 18.8 Å². The predicted octanol–water partition coefficient (Wildman–Crippen LogP) is 3.51. The SMILES string of the molecule is O=C(c1cc(F)cc(Cl)c1)N1Cc2nc(C3CC3)nc(N3CCC3)c2C1. The second kappa shape index (κ2) is 5.91. The van der Waals surface area contributed by atoms with E-state index in [0.717, 1.165) is 48.8 Å². The van der Waals surface area contributed by atoms with Crippen LogP contribution in [0.25, 0.3) is 0 Å². The second-order valence-corrected chi connectivity index (χ2v) is 7.70. The van der Waals surface area contributed by atoms with Crippen molar-refractivity contribution in [1.82, 2.24) is 14.9 Å². The molecule has 26 heavy (non-hydrogen) atoms. The molecule has 1 aliphatic carbocycles. The minimum absolute atomic E-state index is 0.224. The van der Waals surface area contributed by atoms with Crippen LogP contribution in [0.2, 0.25) is 5.02 Å². The fourth-order valence-corrected chi connectivity index (χ4v) is 3.80. The lowest BCUT2D eigenvalue weighted by Gasteiger charge is -2.33. The van der Waals surface area contributed by atoms with Gasteiger partial charge in [-0.05, 0) is 37.5 Å². The van der Waals surface area contributed by atoms with E-state index in [0.29, 0.717) is 19.0 Å². The highest BCUT2D eigenvalue weighted by molar-refractivity contribution is 6.31. The molecule has 0 N–H and O–H groups in total. The number of anilines is 1. The van der Waals surface area contributed by atoms with Crippen LogP contribution >= 0.6 is 11.6 Å². The van der Waals surface area contributed by atoms with Crippen molar-refractivity contribution in [1.29, 1.82) is 0 Å². The Hall–Kier alpha value is -2.21. The number of benzene rings is 1. The Balaban J connectivity index is 1.47. The molecule has 3 aliphatic rings. The summed E-state index contributed by atoms with van der Waals surface area (Å²) in [6.45, 7) is 2.90. The lowest BCUT2D eigenvalue weighted by atomic mass is 10.1. The summed E-state index contributed by atoms with van der Waals surface area (Å²) in [5.41, 5.74) is 2.23. The van der Waals surface area contributed by atoms with Gasteiger partial charge in [0.25, 0.3) is 5.91 Å². The Kier molecular flexibility index (Phi) is 3.64. The van der Waals surface area contributed by atoms with Gasteiger partial charge in [-0.3, -0.25) is 4.79 Å². The summed E-state index contributed by atoms with van der Waals surface area (Å²) in [6, 6.07) is 3.94. The molecular formula is C19H18ClFN4O. The number of nitrogens with zero attached hydrogens (tertiary/aromatic N) is 4. The molecule has 2 aliphatic heterocycles. The molecule has 1 saturated heterocycles. The fraction of sp³-hybridized carbons (Fsp3) is 0.421. The highest BCUT2D eigenvalue weighted by Gasteiger charge is 2.35.